The summed E-state index contributed by atoms with van der Waals surface area (Å²) < 4.78 is 47.0. The minimum atomic E-state index is -4.38. The molecule has 1 amide bonds. The summed E-state index contributed by atoms with van der Waals surface area (Å²) in [7, 11) is 1.78. The van der Waals surface area contributed by atoms with Crippen molar-refractivity contribution < 1.29 is 22.5 Å². The molecule has 1 aromatic carbocycles. The van der Waals surface area contributed by atoms with Crippen LogP contribution in [0.25, 0.3) is 11.4 Å². The van der Waals surface area contributed by atoms with Gasteiger partial charge in [0.1, 0.15) is 6.33 Å². The van der Waals surface area contributed by atoms with Crippen LogP contribution in [-0.2, 0) is 19.0 Å². The highest BCUT2D eigenvalue weighted by molar-refractivity contribution is 5.90. The second-order valence-electron chi connectivity index (χ2n) is 10.9. The van der Waals surface area contributed by atoms with Gasteiger partial charge in [-0.15, -0.1) is 0 Å². The van der Waals surface area contributed by atoms with Crippen molar-refractivity contribution in [2.45, 2.75) is 51.4 Å². The molecule has 0 radical (unpaired) electrons. The Hall–Kier alpha value is -4.40. The number of carbonyl (C=O) groups is 1. The molecule has 0 saturated carbocycles. The Bertz CT molecular complexity index is 1540. The van der Waals surface area contributed by atoms with E-state index >= 15 is 0 Å². The molecular weight excluding hydrogens is 541 g/mol. The largest absolute Gasteiger partial charge is 0.401 e. The minimum absolute atomic E-state index is 0.0234. The lowest BCUT2D eigenvalue weighted by Crippen LogP contribution is -2.35. The van der Waals surface area contributed by atoms with Gasteiger partial charge in [0.15, 0.2) is 11.6 Å². The molecule has 3 aromatic heterocycles. The van der Waals surface area contributed by atoms with Crippen molar-refractivity contribution in [2.75, 3.05) is 18.4 Å². The molecule has 0 saturated heterocycles. The highest BCUT2D eigenvalue weighted by atomic mass is 19.4. The Kier molecular flexibility index (Phi) is 7.46. The van der Waals surface area contributed by atoms with Crippen molar-refractivity contribution in [3.63, 3.8) is 0 Å². The quantitative estimate of drug-likeness (QED) is 0.350. The fraction of sp³-hybridized carbons (Fsp3) is 0.423. The molecule has 0 aliphatic carbocycles. The van der Waals surface area contributed by atoms with Crippen molar-refractivity contribution in [1.82, 2.24) is 45.1 Å². The van der Waals surface area contributed by atoms with E-state index in [2.05, 4.69) is 40.8 Å². The third kappa shape index (κ3) is 6.85. The first-order valence-electron chi connectivity index (χ1n) is 12.9. The number of halogens is 3. The van der Waals surface area contributed by atoms with Crippen LogP contribution < -0.4 is 10.6 Å². The first-order valence-corrected chi connectivity index (χ1v) is 12.9. The van der Waals surface area contributed by atoms with Crippen molar-refractivity contribution >= 4 is 17.7 Å². The zero-order chi connectivity index (χ0) is 29.4. The fourth-order valence-corrected chi connectivity index (χ4v) is 4.48. The zero-order valence-electron chi connectivity index (χ0n) is 22.9. The number of aromatic nitrogens is 7. The van der Waals surface area contributed by atoms with E-state index in [9.17, 15) is 18.0 Å². The van der Waals surface area contributed by atoms with Gasteiger partial charge >= 0.3 is 6.18 Å². The Morgan fingerprint density at radius 2 is 1.95 bits per heavy atom. The van der Waals surface area contributed by atoms with E-state index in [1.165, 1.54) is 11.2 Å². The van der Waals surface area contributed by atoms with Gasteiger partial charge in [0.25, 0.3) is 11.7 Å². The van der Waals surface area contributed by atoms with E-state index in [-0.39, 0.29) is 31.3 Å². The number of fused-ring (bicyclic) bond motifs is 1. The van der Waals surface area contributed by atoms with Crippen LogP contribution in [-0.4, -0.2) is 64.9 Å². The lowest BCUT2D eigenvalue weighted by Gasteiger charge is -2.22. The van der Waals surface area contributed by atoms with Gasteiger partial charge in [-0.1, -0.05) is 38.1 Å². The molecule has 15 heteroatoms. The van der Waals surface area contributed by atoms with E-state index in [1.807, 2.05) is 20.8 Å². The Balaban J connectivity index is 1.43. The lowest BCUT2D eigenvalue weighted by atomic mass is 9.96. The summed E-state index contributed by atoms with van der Waals surface area (Å²) in [4.78, 5) is 31.4. The Morgan fingerprint density at radius 3 is 2.63 bits per heavy atom. The SMILES string of the molecule is Cn1ccc(Nc2ncnc(-c3ccc4c(c3)CN(CC(F)(F)F)CC[C@@H]4NC(=O)c3noc(C(C)(C)C)n3)n2)n1. The Labute approximate surface area is 233 Å². The van der Waals surface area contributed by atoms with Crippen molar-refractivity contribution in [2.24, 2.45) is 7.05 Å². The summed E-state index contributed by atoms with van der Waals surface area (Å²) in [6, 6.07) is 6.46. The number of hydrogen-bond acceptors (Lipinski definition) is 10. The number of benzene rings is 1. The second kappa shape index (κ2) is 10.9. The van der Waals surface area contributed by atoms with Gasteiger partial charge in [0.05, 0.1) is 12.6 Å². The molecular formula is C26H29F3N10O2. The standard InChI is InChI=1S/C26H29F3N10O2/c1-25(2,3)23-34-21(37-41-23)22(40)32-18-7-10-39(13-26(27,28)29)12-16-11-15(5-6-17(16)18)20-30-14-31-24(35-20)33-19-8-9-38(4)36-19/h5-6,8-9,11,14,18H,7,10,12-13H2,1-4H3,(H,32,40)(H,30,31,33,35,36)/t18-/m0/s1. The molecule has 0 unspecified atom stereocenters. The van der Waals surface area contributed by atoms with Gasteiger partial charge in [-0.2, -0.15) is 28.2 Å². The number of rotatable bonds is 6. The normalized spacial score (nSPS) is 16.2. The van der Waals surface area contributed by atoms with Gasteiger partial charge in [-0.3, -0.25) is 14.4 Å². The summed E-state index contributed by atoms with van der Waals surface area (Å²) in [5.41, 5.74) is 1.43. The molecule has 41 heavy (non-hydrogen) atoms. The van der Waals surface area contributed by atoms with Crippen LogP contribution in [0.2, 0.25) is 0 Å². The van der Waals surface area contributed by atoms with Gasteiger partial charge in [-0.25, -0.2) is 9.97 Å². The molecule has 0 spiro atoms. The first-order chi connectivity index (χ1) is 19.3. The number of hydrogen-bond donors (Lipinski definition) is 2. The van der Waals surface area contributed by atoms with E-state index in [0.717, 1.165) is 0 Å². The predicted molar refractivity (Wildman–Crippen MR) is 141 cm³/mol. The average molecular weight is 571 g/mol. The molecule has 0 fully saturated rings. The van der Waals surface area contributed by atoms with Crippen LogP contribution >= 0.6 is 0 Å². The van der Waals surface area contributed by atoms with E-state index in [0.29, 0.717) is 34.2 Å². The third-order valence-corrected chi connectivity index (χ3v) is 6.41. The predicted octanol–water partition coefficient (Wildman–Crippen LogP) is 3.94. The van der Waals surface area contributed by atoms with Gasteiger partial charge < -0.3 is 15.2 Å². The van der Waals surface area contributed by atoms with E-state index < -0.39 is 30.1 Å². The molecule has 2 N–H and O–H groups in total. The van der Waals surface area contributed by atoms with Crippen molar-refractivity contribution in [1.29, 1.82) is 0 Å². The van der Waals surface area contributed by atoms with Crippen LogP contribution in [0.3, 0.4) is 0 Å². The maximum absolute atomic E-state index is 13.4. The maximum Gasteiger partial charge on any atom is 0.401 e. The fourth-order valence-electron chi connectivity index (χ4n) is 4.48. The van der Waals surface area contributed by atoms with Gasteiger partial charge in [-0.05, 0) is 23.6 Å². The second-order valence-corrected chi connectivity index (χ2v) is 10.9. The highest BCUT2D eigenvalue weighted by Gasteiger charge is 2.34. The zero-order valence-corrected chi connectivity index (χ0v) is 22.9. The molecule has 1 atom stereocenters. The number of carbonyl (C=O) groups excluding carboxylic acids is 1. The number of anilines is 2. The van der Waals surface area contributed by atoms with E-state index in [1.54, 1.807) is 42.2 Å². The van der Waals surface area contributed by atoms with Crippen molar-refractivity contribution in [3.8, 4) is 11.4 Å². The van der Waals surface area contributed by atoms with Crippen LogP contribution in [0.4, 0.5) is 24.9 Å². The van der Waals surface area contributed by atoms with Gasteiger partial charge in [0, 0.05) is 43.4 Å². The highest BCUT2D eigenvalue weighted by Crippen LogP contribution is 2.32. The number of amides is 1. The summed E-state index contributed by atoms with van der Waals surface area (Å²) in [5.74, 6) is 0.736. The average Bonchev–Trinajstić information content (AvgIpc) is 3.52. The molecule has 12 nitrogen and oxygen atoms in total. The van der Waals surface area contributed by atoms with E-state index in [4.69, 9.17) is 4.52 Å². The molecule has 4 heterocycles. The third-order valence-electron chi connectivity index (χ3n) is 6.41. The number of nitrogens with one attached hydrogen (secondary N) is 2. The molecule has 4 aromatic rings. The molecule has 5 rings (SSSR count). The molecule has 1 aliphatic rings. The maximum atomic E-state index is 13.4. The Morgan fingerprint density at radius 1 is 1.15 bits per heavy atom. The molecule has 0 bridgehead atoms. The van der Waals surface area contributed by atoms with Gasteiger partial charge in [0.2, 0.25) is 11.8 Å². The molecule has 216 valence electrons. The number of nitrogens with zero attached hydrogens (tertiary/aromatic N) is 8. The summed E-state index contributed by atoms with van der Waals surface area (Å²) in [5, 5.41) is 13.9. The van der Waals surface area contributed by atoms with Crippen LogP contribution in [0.5, 0.6) is 0 Å². The first kappa shape index (κ1) is 28.1. The summed E-state index contributed by atoms with van der Waals surface area (Å²) in [6.45, 7) is 4.68. The smallest absolute Gasteiger partial charge is 0.342 e. The van der Waals surface area contributed by atoms with Crippen LogP contribution in [0.15, 0.2) is 41.3 Å². The topological polar surface area (TPSA) is 140 Å². The number of aryl methyl sites for hydroxylation is 1. The van der Waals surface area contributed by atoms with Crippen LogP contribution in [0.1, 0.15) is 60.9 Å². The van der Waals surface area contributed by atoms with Crippen LogP contribution in [0, 0.1) is 0 Å². The van der Waals surface area contributed by atoms with Crippen molar-refractivity contribution in [3.05, 3.63) is 59.6 Å². The monoisotopic (exact) mass is 570 g/mol. The minimum Gasteiger partial charge on any atom is -0.342 e. The summed E-state index contributed by atoms with van der Waals surface area (Å²) in [6.07, 6.45) is -1.02. The summed E-state index contributed by atoms with van der Waals surface area (Å²) >= 11 is 0. The lowest BCUT2D eigenvalue weighted by molar-refractivity contribution is -0.147. The number of alkyl halides is 3. The molecule has 1 aliphatic heterocycles.